The number of hydrogen-bond acceptors (Lipinski definition) is 2. The lowest BCUT2D eigenvalue weighted by molar-refractivity contribution is 0.295. The second kappa shape index (κ2) is 5.13. The summed E-state index contributed by atoms with van der Waals surface area (Å²) < 4.78 is 1.36. The summed E-state index contributed by atoms with van der Waals surface area (Å²) in [7, 11) is 2.18. The molecule has 1 aromatic heterocycles. The van der Waals surface area contributed by atoms with E-state index in [1.165, 1.54) is 26.8 Å². The summed E-state index contributed by atoms with van der Waals surface area (Å²) in [6.45, 7) is 2.04. The van der Waals surface area contributed by atoms with Gasteiger partial charge in [0.1, 0.15) is 0 Å². The number of fused-ring (bicyclic) bond motifs is 2. The zero-order valence-corrected chi connectivity index (χ0v) is 13.4. The minimum atomic E-state index is 0.431. The molecule has 0 spiro atoms. The number of halogens is 1. The maximum absolute atomic E-state index is 6.16. The number of hydrogen-bond donors (Lipinski definition) is 0. The fraction of sp³-hybridized carbons (Fsp3) is 0.222. The third-order valence-corrected chi connectivity index (χ3v) is 5.43. The van der Waals surface area contributed by atoms with Crippen molar-refractivity contribution >= 4 is 33.0 Å². The first-order valence-corrected chi connectivity index (χ1v) is 8.40. The maximum Gasteiger partial charge on any atom is 0.0409 e. The Morgan fingerprint density at radius 2 is 2.05 bits per heavy atom. The van der Waals surface area contributed by atoms with Gasteiger partial charge in [0.2, 0.25) is 0 Å². The Labute approximate surface area is 133 Å². The van der Waals surface area contributed by atoms with E-state index >= 15 is 0 Å². The van der Waals surface area contributed by atoms with Crippen molar-refractivity contribution < 1.29 is 0 Å². The van der Waals surface area contributed by atoms with Crippen molar-refractivity contribution in [1.82, 2.24) is 4.90 Å². The predicted octanol–water partition coefficient (Wildman–Crippen LogP) is 5.13. The molecule has 0 bridgehead atoms. The standard InChI is InChI=1S/C18H16ClNS/c1-20-10-14-9-15(19)3-4-16(14)17(11-20)12-2-5-18-13(8-12)6-7-21-18/h2-9,17H,10-11H2,1H3. The van der Waals surface area contributed by atoms with E-state index in [0.717, 1.165) is 18.1 Å². The molecule has 0 aliphatic carbocycles. The van der Waals surface area contributed by atoms with Crippen LogP contribution in [0, 0.1) is 0 Å². The Kier molecular flexibility index (Phi) is 3.26. The predicted molar refractivity (Wildman–Crippen MR) is 91.5 cm³/mol. The van der Waals surface area contributed by atoms with Crippen molar-refractivity contribution in [2.75, 3.05) is 13.6 Å². The molecule has 4 rings (SSSR count). The minimum absolute atomic E-state index is 0.431. The van der Waals surface area contributed by atoms with Crippen molar-refractivity contribution in [2.45, 2.75) is 12.5 Å². The van der Waals surface area contributed by atoms with Crippen LogP contribution >= 0.6 is 22.9 Å². The molecule has 0 amide bonds. The van der Waals surface area contributed by atoms with Crippen LogP contribution in [0.5, 0.6) is 0 Å². The van der Waals surface area contributed by atoms with Gasteiger partial charge >= 0.3 is 0 Å². The van der Waals surface area contributed by atoms with Gasteiger partial charge in [-0.15, -0.1) is 11.3 Å². The van der Waals surface area contributed by atoms with Crippen LogP contribution in [0.15, 0.2) is 47.8 Å². The third-order valence-electron chi connectivity index (χ3n) is 4.29. The number of rotatable bonds is 1. The fourth-order valence-corrected chi connectivity index (χ4v) is 4.27. The van der Waals surface area contributed by atoms with Gasteiger partial charge < -0.3 is 4.90 Å². The van der Waals surface area contributed by atoms with Crippen molar-refractivity contribution in [3.8, 4) is 0 Å². The summed E-state index contributed by atoms with van der Waals surface area (Å²) in [6.07, 6.45) is 0. The maximum atomic E-state index is 6.16. The molecule has 2 heterocycles. The summed E-state index contributed by atoms with van der Waals surface area (Å²) in [5, 5.41) is 4.34. The van der Waals surface area contributed by atoms with Crippen LogP contribution in [0.3, 0.4) is 0 Å². The van der Waals surface area contributed by atoms with Crippen LogP contribution in [0.4, 0.5) is 0 Å². The fourth-order valence-electron chi connectivity index (χ4n) is 3.30. The summed E-state index contributed by atoms with van der Waals surface area (Å²) >= 11 is 7.97. The SMILES string of the molecule is CN1Cc2cc(Cl)ccc2C(c2ccc3sccc3c2)C1. The number of nitrogens with zero attached hydrogens (tertiary/aromatic N) is 1. The molecule has 3 aromatic rings. The minimum Gasteiger partial charge on any atom is -0.301 e. The molecule has 1 aliphatic rings. The average molecular weight is 314 g/mol. The van der Waals surface area contributed by atoms with Crippen LogP contribution in [0.1, 0.15) is 22.6 Å². The normalized spacial score (nSPS) is 18.9. The Morgan fingerprint density at radius 3 is 2.95 bits per heavy atom. The quantitative estimate of drug-likeness (QED) is 0.602. The Hall–Kier alpha value is -1.35. The molecule has 2 aromatic carbocycles. The summed E-state index contributed by atoms with van der Waals surface area (Å²) in [5.41, 5.74) is 4.18. The largest absolute Gasteiger partial charge is 0.301 e. The molecule has 1 aliphatic heterocycles. The average Bonchev–Trinajstić information content (AvgIpc) is 2.93. The highest BCUT2D eigenvalue weighted by molar-refractivity contribution is 7.17. The van der Waals surface area contributed by atoms with E-state index in [-0.39, 0.29) is 0 Å². The Morgan fingerprint density at radius 1 is 1.14 bits per heavy atom. The molecule has 1 nitrogen and oxygen atoms in total. The highest BCUT2D eigenvalue weighted by atomic mass is 35.5. The lowest BCUT2D eigenvalue weighted by Gasteiger charge is -2.32. The van der Waals surface area contributed by atoms with Crippen LogP contribution in [0.2, 0.25) is 5.02 Å². The zero-order valence-electron chi connectivity index (χ0n) is 11.8. The highest BCUT2D eigenvalue weighted by Crippen LogP contribution is 2.36. The van der Waals surface area contributed by atoms with Crippen molar-refractivity contribution in [3.05, 3.63) is 69.6 Å². The lowest BCUT2D eigenvalue weighted by Crippen LogP contribution is -2.30. The van der Waals surface area contributed by atoms with Crippen LogP contribution < -0.4 is 0 Å². The van der Waals surface area contributed by atoms with E-state index in [0.29, 0.717) is 5.92 Å². The van der Waals surface area contributed by atoms with Crippen molar-refractivity contribution in [3.63, 3.8) is 0 Å². The van der Waals surface area contributed by atoms with Gasteiger partial charge in [-0.3, -0.25) is 0 Å². The van der Waals surface area contributed by atoms with E-state index < -0.39 is 0 Å². The summed E-state index contributed by atoms with van der Waals surface area (Å²) in [4.78, 5) is 2.38. The number of thiophene rings is 1. The van der Waals surface area contributed by atoms with Gasteiger partial charge in [0.05, 0.1) is 0 Å². The Bertz CT molecular complexity index is 808. The van der Waals surface area contributed by atoms with E-state index in [9.17, 15) is 0 Å². The molecular weight excluding hydrogens is 298 g/mol. The molecule has 0 radical (unpaired) electrons. The van der Waals surface area contributed by atoms with E-state index in [4.69, 9.17) is 11.6 Å². The van der Waals surface area contributed by atoms with Crippen LogP contribution in [0.25, 0.3) is 10.1 Å². The first-order chi connectivity index (χ1) is 10.2. The molecule has 21 heavy (non-hydrogen) atoms. The lowest BCUT2D eigenvalue weighted by atomic mass is 9.84. The van der Waals surface area contributed by atoms with Crippen molar-refractivity contribution in [2.24, 2.45) is 0 Å². The molecule has 3 heteroatoms. The Balaban J connectivity index is 1.84. The van der Waals surface area contributed by atoms with Crippen LogP contribution in [-0.4, -0.2) is 18.5 Å². The molecular formula is C18H16ClNS. The highest BCUT2D eigenvalue weighted by Gasteiger charge is 2.25. The molecule has 106 valence electrons. The summed E-state index contributed by atoms with van der Waals surface area (Å²) in [6, 6.07) is 15.4. The van der Waals surface area contributed by atoms with Gasteiger partial charge in [0.15, 0.2) is 0 Å². The third kappa shape index (κ3) is 2.38. The first-order valence-electron chi connectivity index (χ1n) is 7.15. The topological polar surface area (TPSA) is 3.24 Å². The zero-order chi connectivity index (χ0) is 14.4. The second-order valence-electron chi connectivity index (χ2n) is 5.81. The molecule has 0 N–H and O–H groups in total. The van der Waals surface area contributed by atoms with E-state index in [1.807, 2.05) is 6.07 Å². The van der Waals surface area contributed by atoms with E-state index in [2.05, 4.69) is 53.7 Å². The van der Waals surface area contributed by atoms with Crippen LogP contribution in [-0.2, 0) is 6.54 Å². The van der Waals surface area contributed by atoms with E-state index in [1.54, 1.807) is 11.3 Å². The first kappa shape index (κ1) is 13.3. The van der Waals surface area contributed by atoms with Gasteiger partial charge in [-0.05, 0) is 64.8 Å². The van der Waals surface area contributed by atoms with Gasteiger partial charge in [-0.2, -0.15) is 0 Å². The monoisotopic (exact) mass is 313 g/mol. The van der Waals surface area contributed by atoms with Gasteiger partial charge in [-0.25, -0.2) is 0 Å². The summed E-state index contributed by atoms with van der Waals surface area (Å²) in [5.74, 6) is 0.431. The van der Waals surface area contributed by atoms with Gasteiger partial charge in [0.25, 0.3) is 0 Å². The second-order valence-corrected chi connectivity index (χ2v) is 7.19. The smallest absolute Gasteiger partial charge is 0.0409 e. The van der Waals surface area contributed by atoms with Crippen molar-refractivity contribution in [1.29, 1.82) is 0 Å². The van der Waals surface area contributed by atoms with Gasteiger partial charge in [-0.1, -0.05) is 23.7 Å². The number of likely N-dealkylation sites (N-methyl/N-ethyl adjacent to an activating group) is 1. The molecule has 1 unspecified atom stereocenters. The van der Waals surface area contributed by atoms with Gasteiger partial charge in [0, 0.05) is 28.7 Å². The molecule has 0 fully saturated rings. The molecule has 1 atom stereocenters. The molecule has 0 saturated carbocycles. The molecule has 0 saturated heterocycles. The number of benzene rings is 2.